The molecule has 3 aliphatic rings. The Labute approximate surface area is 287 Å². The van der Waals surface area contributed by atoms with Crippen LogP contribution in [-0.4, -0.2) is 103 Å². The van der Waals surface area contributed by atoms with Gasteiger partial charge < -0.3 is 19.3 Å². The molecule has 6 rings (SSSR count). The van der Waals surface area contributed by atoms with E-state index in [1.807, 2.05) is 30.0 Å². The SMILES string of the molecule is CCOc1cc(C(C)(C)C)ccc1C1=N[C@@H](c2ccc(F)cc2)[C@@H](c2ccc(F)cc2)N1C(=O)N1CCN(CC(=O)N2CCOCC2)CC1. The number of ether oxygens (including phenoxy) is 2. The van der Waals surface area contributed by atoms with Gasteiger partial charge in [0.15, 0.2) is 0 Å². The topological polar surface area (TPSA) is 77.9 Å². The number of aliphatic imine (C=N–C) groups is 1. The highest BCUT2D eigenvalue weighted by Gasteiger charge is 2.45. The fraction of sp³-hybridized carbons (Fsp3) is 0.447. The number of hydrogen-bond acceptors (Lipinski definition) is 6. The van der Waals surface area contributed by atoms with Crippen LogP contribution < -0.4 is 4.74 Å². The number of amidine groups is 1. The van der Waals surface area contributed by atoms with Gasteiger partial charge in [0.2, 0.25) is 5.91 Å². The molecule has 49 heavy (non-hydrogen) atoms. The van der Waals surface area contributed by atoms with Gasteiger partial charge in [0.1, 0.15) is 29.3 Å². The van der Waals surface area contributed by atoms with Crippen LogP contribution in [0.1, 0.15) is 62.0 Å². The van der Waals surface area contributed by atoms with Gasteiger partial charge in [0, 0.05) is 39.3 Å². The zero-order valence-corrected chi connectivity index (χ0v) is 28.7. The second kappa shape index (κ2) is 14.6. The average molecular weight is 674 g/mol. The van der Waals surface area contributed by atoms with Gasteiger partial charge in [-0.15, -0.1) is 0 Å². The maximum absolute atomic E-state index is 14.8. The Hall–Kier alpha value is -4.35. The van der Waals surface area contributed by atoms with E-state index in [2.05, 4.69) is 25.7 Å². The summed E-state index contributed by atoms with van der Waals surface area (Å²) < 4.78 is 39.9. The van der Waals surface area contributed by atoms with E-state index in [0.717, 1.165) is 11.1 Å². The monoisotopic (exact) mass is 673 g/mol. The molecule has 2 atom stereocenters. The van der Waals surface area contributed by atoms with Crippen molar-refractivity contribution in [2.24, 2.45) is 4.99 Å². The number of halogens is 2. The van der Waals surface area contributed by atoms with E-state index >= 15 is 0 Å². The lowest BCUT2D eigenvalue weighted by atomic mass is 9.86. The first-order valence-corrected chi connectivity index (χ1v) is 17.1. The smallest absolute Gasteiger partial charge is 0.326 e. The number of rotatable bonds is 7. The number of hydrogen-bond donors (Lipinski definition) is 0. The van der Waals surface area contributed by atoms with E-state index in [9.17, 15) is 18.4 Å². The summed E-state index contributed by atoms with van der Waals surface area (Å²) in [6.45, 7) is 13.2. The summed E-state index contributed by atoms with van der Waals surface area (Å²) in [5.74, 6) is 0.340. The first-order valence-electron chi connectivity index (χ1n) is 17.1. The third-order valence-electron chi connectivity index (χ3n) is 9.45. The van der Waals surface area contributed by atoms with Crippen LogP contribution in [-0.2, 0) is 14.9 Å². The maximum Gasteiger partial charge on any atom is 0.326 e. The molecule has 11 heteroatoms. The van der Waals surface area contributed by atoms with Crippen molar-refractivity contribution in [1.82, 2.24) is 19.6 Å². The van der Waals surface area contributed by atoms with E-state index in [-0.39, 0.29) is 23.2 Å². The van der Waals surface area contributed by atoms with Crippen molar-refractivity contribution in [3.05, 3.63) is 101 Å². The van der Waals surface area contributed by atoms with Crippen LogP contribution in [0.15, 0.2) is 71.7 Å². The van der Waals surface area contributed by atoms with Crippen LogP contribution in [0.3, 0.4) is 0 Å². The normalized spacial score (nSPS) is 20.4. The summed E-state index contributed by atoms with van der Waals surface area (Å²) >= 11 is 0. The second-order valence-electron chi connectivity index (χ2n) is 13.7. The molecule has 3 aromatic carbocycles. The van der Waals surface area contributed by atoms with E-state index in [0.29, 0.717) is 88.3 Å². The Morgan fingerprint density at radius 3 is 2.04 bits per heavy atom. The van der Waals surface area contributed by atoms with Crippen molar-refractivity contribution in [3.8, 4) is 5.75 Å². The number of urea groups is 1. The highest BCUT2D eigenvalue weighted by molar-refractivity contribution is 6.11. The number of carbonyl (C=O) groups is 2. The molecule has 0 aromatic heterocycles. The zero-order valence-electron chi connectivity index (χ0n) is 28.7. The molecule has 0 N–H and O–H groups in total. The van der Waals surface area contributed by atoms with E-state index in [1.165, 1.54) is 24.3 Å². The molecule has 9 nitrogen and oxygen atoms in total. The molecule has 0 unspecified atom stereocenters. The number of piperazine rings is 1. The molecule has 3 aromatic rings. The number of morpholine rings is 1. The van der Waals surface area contributed by atoms with Crippen molar-refractivity contribution < 1.29 is 27.8 Å². The molecule has 0 spiro atoms. The van der Waals surface area contributed by atoms with Gasteiger partial charge in [0.05, 0.1) is 38.0 Å². The molecule has 0 bridgehead atoms. The molecule has 0 aliphatic carbocycles. The highest BCUT2D eigenvalue weighted by Crippen LogP contribution is 2.45. The van der Waals surface area contributed by atoms with Crippen LogP contribution in [0.25, 0.3) is 0 Å². The Morgan fingerprint density at radius 1 is 0.837 bits per heavy atom. The van der Waals surface area contributed by atoms with E-state index < -0.39 is 17.9 Å². The van der Waals surface area contributed by atoms with Crippen LogP contribution in [0.5, 0.6) is 5.75 Å². The number of benzene rings is 3. The van der Waals surface area contributed by atoms with Crippen molar-refractivity contribution in [1.29, 1.82) is 0 Å². The summed E-state index contributed by atoms with van der Waals surface area (Å²) in [6, 6.07) is 16.7. The summed E-state index contributed by atoms with van der Waals surface area (Å²) in [5, 5.41) is 0. The molecule has 2 saturated heterocycles. The molecule has 0 radical (unpaired) electrons. The van der Waals surface area contributed by atoms with Crippen LogP contribution in [0, 0.1) is 11.6 Å². The van der Waals surface area contributed by atoms with Crippen molar-refractivity contribution in [3.63, 3.8) is 0 Å². The maximum atomic E-state index is 14.8. The first-order chi connectivity index (χ1) is 23.5. The minimum atomic E-state index is -0.647. The Kier molecular flexibility index (Phi) is 10.3. The number of nitrogens with zero attached hydrogens (tertiary/aromatic N) is 5. The van der Waals surface area contributed by atoms with Crippen LogP contribution >= 0.6 is 0 Å². The Bertz CT molecular complexity index is 1660. The van der Waals surface area contributed by atoms with Gasteiger partial charge in [0.25, 0.3) is 0 Å². The third-order valence-corrected chi connectivity index (χ3v) is 9.45. The van der Waals surface area contributed by atoms with Crippen molar-refractivity contribution >= 4 is 17.8 Å². The third kappa shape index (κ3) is 7.63. The van der Waals surface area contributed by atoms with Gasteiger partial charge in [-0.25, -0.2) is 13.6 Å². The summed E-state index contributed by atoms with van der Waals surface area (Å²) in [6.07, 6.45) is 0. The highest BCUT2D eigenvalue weighted by atomic mass is 19.1. The minimum absolute atomic E-state index is 0.0673. The fourth-order valence-corrected chi connectivity index (χ4v) is 6.66. The van der Waals surface area contributed by atoms with Gasteiger partial charge in [-0.3, -0.25) is 19.6 Å². The number of amides is 3. The Morgan fingerprint density at radius 2 is 1.45 bits per heavy atom. The van der Waals surface area contributed by atoms with E-state index in [4.69, 9.17) is 14.5 Å². The van der Waals surface area contributed by atoms with Gasteiger partial charge >= 0.3 is 6.03 Å². The quantitative estimate of drug-likeness (QED) is 0.317. The molecule has 2 fully saturated rings. The molecular weight excluding hydrogens is 628 g/mol. The average Bonchev–Trinajstić information content (AvgIpc) is 3.49. The molecule has 3 aliphatic heterocycles. The second-order valence-corrected chi connectivity index (χ2v) is 13.7. The summed E-state index contributed by atoms with van der Waals surface area (Å²) in [5.41, 5.74) is 3.01. The lowest BCUT2D eigenvalue weighted by molar-refractivity contribution is -0.136. The molecule has 3 amide bonds. The zero-order chi connectivity index (χ0) is 34.7. The fourth-order valence-electron chi connectivity index (χ4n) is 6.66. The van der Waals surface area contributed by atoms with Crippen molar-refractivity contribution in [2.75, 3.05) is 65.6 Å². The van der Waals surface area contributed by atoms with Gasteiger partial charge in [-0.05, 0) is 65.4 Å². The van der Waals surface area contributed by atoms with Crippen molar-refractivity contribution in [2.45, 2.75) is 45.2 Å². The molecular formula is C38H45F2N5O4. The van der Waals surface area contributed by atoms with Gasteiger partial charge in [-0.1, -0.05) is 51.1 Å². The predicted octanol–water partition coefficient (Wildman–Crippen LogP) is 5.80. The molecule has 260 valence electrons. The molecule has 0 saturated carbocycles. The largest absolute Gasteiger partial charge is 0.493 e. The first kappa shape index (κ1) is 34.5. The number of carbonyl (C=O) groups excluding carboxylic acids is 2. The summed E-state index contributed by atoms with van der Waals surface area (Å²) in [7, 11) is 0. The van der Waals surface area contributed by atoms with E-state index in [1.54, 1.807) is 34.1 Å². The minimum Gasteiger partial charge on any atom is -0.493 e. The summed E-state index contributed by atoms with van der Waals surface area (Å²) in [4.78, 5) is 40.4. The lowest BCUT2D eigenvalue weighted by Crippen LogP contribution is -2.56. The Balaban J connectivity index is 1.37. The lowest BCUT2D eigenvalue weighted by Gasteiger charge is -2.39. The standard InChI is InChI=1S/C38H45F2N5O4/c1-5-49-32-24-28(38(2,3)4)10-15-31(32)36-41-34(26-6-11-29(39)12-7-26)35(27-8-13-30(40)14-9-27)45(36)37(47)44-18-16-42(17-19-44)25-33(46)43-20-22-48-23-21-43/h6-15,24,34-35H,5,16-23,25H2,1-4H3/t34-,35+/m0/s1. The van der Waals surface area contributed by atoms with Crippen LogP contribution in [0.4, 0.5) is 13.6 Å². The molecule has 3 heterocycles. The predicted molar refractivity (Wildman–Crippen MR) is 184 cm³/mol. The van der Waals surface area contributed by atoms with Crippen LogP contribution in [0.2, 0.25) is 0 Å². The van der Waals surface area contributed by atoms with Gasteiger partial charge in [-0.2, -0.15) is 0 Å².